The summed E-state index contributed by atoms with van der Waals surface area (Å²) >= 11 is 1.45. The van der Waals surface area contributed by atoms with Crippen LogP contribution in [0.3, 0.4) is 0 Å². The van der Waals surface area contributed by atoms with Crippen LogP contribution >= 0.6 is 11.3 Å². The molecule has 0 fully saturated rings. The van der Waals surface area contributed by atoms with E-state index in [0.29, 0.717) is 11.4 Å². The first-order valence-electron chi connectivity index (χ1n) is 5.99. The van der Waals surface area contributed by atoms with Gasteiger partial charge in [-0.1, -0.05) is 21.7 Å². The number of hydrogen-bond acceptors (Lipinski definition) is 7. The molecule has 0 unspecified atom stereocenters. The second-order valence-electron chi connectivity index (χ2n) is 4.39. The van der Waals surface area contributed by atoms with Crippen molar-refractivity contribution in [3.8, 4) is 0 Å². The van der Waals surface area contributed by atoms with Crippen molar-refractivity contribution in [1.29, 1.82) is 0 Å². The fourth-order valence-electron chi connectivity index (χ4n) is 1.79. The van der Waals surface area contributed by atoms with Gasteiger partial charge >= 0.3 is 0 Å². The lowest BCUT2D eigenvalue weighted by Crippen LogP contribution is -2.28. The molecule has 0 aliphatic rings. The smallest absolute Gasteiger partial charge is 0.226 e. The Morgan fingerprint density at radius 2 is 2.40 bits per heavy atom. The second kappa shape index (κ2) is 5.00. The molecule has 0 saturated carbocycles. The molecule has 0 aliphatic heterocycles. The monoisotopic (exact) mass is 292 g/mol. The Kier molecular flexibility index (Phi) is 3.18. The van der Waals surface area contributed by atoms with E-state index < -0.39 is 0 Å². The van der Waals surface area contributed by atoms with Crippen molar-refractivity contribution in [2.45, 2.75) is 26.3 Å². The molecule has 0 radical (unpaired) electrons. The van der Waals surface area contributed by atoms with Gasteiger partial charge in [0.2, 0.25) is 10.9 Å². The number of aryl methyl sites for hydroxylation is 1. The van der Waals surface area contributed by atoms with E-state index in [-0.39, 0.29) is 18.4 Å². The van der Waals surface area contributed by atoms with E-state index in [1.165, 1.54) is 11.3 Å². The number of carbonyl (C=O) groups is 1. The molecule has 1 atom stereocenters. The van der Waals surface area contributed by atoms with Gasteiger partial charge in [-0.05, 0) is 13.8 Å². The molecule has 8 nitrogen and oxygen atoms in total. The van der Waals surface area contributed by atoms with Crippen molar-refractivity contribution >= 4 is 22.2 Å². The number of rotatable bonds is 4. The largest absolute Gasteiger partial charge is 0.348 e. The fraction of sp³-hybridized carbons (Fsp3) is 0.364. The Morgan fingerprint density at radius 3 is 3.10 bits per heavy atom. The topological polar surface area (TPSA) is 98.2 Å². The molecule has 0 spiro atoms. The summed E-state index contributed by atoms with van der Waals surface area (Å²) < 4.78 is 6.25. The lowest BCUT2D eigenvalue weighted by atomic mass is 10.2. The number of amides is 1. The predicted octanol–water partition coefficient (Wildman–Crippen LogP) is 0.902. The molecule has 3 aromatic rings. The van der Waals surface area contributed by atoms with Crippen LogP contribution < -0.4 is 5.32 Å². The number of carbonyl (C=O) groups excluding carboxylic acids is 1. The highest BCUT2D eigenvalue weighted by Gasteiger charge is 2.16. The Balaban J connectivity index is 1.66. The standard InChI is InChI=1S/C11H12N6O2S/c1-6(9-4-17-11(14-9)20-5-12-17)13-10(18)3-8-7(2)15-19-16-8/h4-6H,3H2,1-2H3,(H,13,18)/t6-/m1/s1. The average molecular weight is 292 g/mol. The van der Waals surface area contributed by atoms with Crippen LogP contribution in [0.1, 0.15) is 30.0 Å². The van der Waals surface area contributed by atoms with Crippen LogP contribution in [0.4, 0.5) is 0 Å². The van der Waals surface area contributed by atoms with Crippen molar-refractivity contribution < 1.29 is 9.42 Å². The molecular formula is C11H12N6O2S. The lowest BCUT2D eigenvalue weighted by Gasteiger charge is -2.10. The zero-order valence-corrected chi connectivity index (χ0v) is 11.7. The van der Waals surface area contributed by atoms with E-state index in [2.05, 4.69) is 30.3 Å². The highest BCUT2D eigenvalue weighted by atomic mass is 32.1. The summed E-state index contributed by atoms with van der Waals surface area (Å²) in [5.74, 6) is -0.152. The number of fused-ring (bicyclic) bond motifs is 1. The third-order valence-electron chi connectivity index (χ3n) is 2.90. The Hall–Kier alpha value is -2.29. The summed E-state index contributed by atoms with van der Waals surface area (Å²) in [6.07, 6.45) is 1.94. The van der Waals surface area contributed by atoms with Crippen LogP contribution in [0, 0.1) is 6.92 Å². The summed E-state index contributed by atoms with van der Waals surface area (Å²) in [6, 6.07) is -0.198. The van der Waals surface area contributed by atoms with Gasteiger partial charge in [0, 0.05) is 0 Å². The van der Waals surface area contributed by atoms with E-state index in [4.69, 9.17) is 0 Å². The molecule has 9 heteroatoms. The SMILES string of the molecule is Cc1nonc1CC(=O)N[C@H](C)c1cn2ncsc2n1. The molecule has 0 aliphatic carbocycles. The van der Waals surface area contributed by atoms with Crippen LogP contribution in [0.25, 0.3) is 4.96 Å². The maximum Gasteiger partial charge on any atom is 0.226 e. The van der Waals surface area contributed by atoms with Crippen LogP contribution in [0.15, 0.2) is 16.3 Å². The molecule has 3 heterocycles. The van der Waals surface area contributed by atoms with E-state index >= 15 is 0 Å². The third kappa shape index (κ3) is 2.39. The van der Waals surface area contributed by atoms with E-state index in [1.54, 1.807) is 23.1 Å². The van der Waals surface area contributed by atoms with Crippen LogP contribution in [-0.2, 0) is 11.2 Å². The van der Waals surface area contributed by atoms with Gasteiger partial charge in [-0.25, -0.2) is 14.1 Å². The van der Waals surface area contributed by atoms with Gasteiger partial charge in [0.25, 0.3) is 0 Å². The zero-order valence-electron chi connectivity index (χ0n) is 10.9. The van der Waals surface area contributed by atoms with Crippen LogP contribution in [0.5, 0.6) is 0 Å². The number of aromatic nitrogens is 5. The summed E-state index contributed by atoms with van der Waals surface area (Å²) in [5.41, 5.74) is 3.66. The van der Waals surface area contributed by atoms with Gasteiger partial charge in [0.15, 0.2) is 0 Å². The quantitative estimate of drug-likeness (QED) is 0.767. The molecule has 104 valence electrons. The van der Waals surface area contributed by atoms with Crippen molar-refractivity contribution in [1.82, 2.24) is 30.2 Å². The molecule has 1 amide bonds. The van der Waals surface area contributed by atoms with Crippen molar-refractivity contribution in [3.63, 3.8) is 0 Å². The Labute approximate surface area is 117 Å². The van der Waals surface area contributed by atoms with Crippen molar-refractivity contribution in [2.24, 2.45) is 0 Å². The first kappa shape index (κ1) is 12.7. The minimum atomic E-state index is -0.198. The molecule has 0 saturated heterocycles. The Morgan fingerprint density at radius 1 is 1.55 bits per heavy atom. The highest BCUT2D eigenvalue weighted by molar-refractivity contribution is 7.14. The summed E-state index contributed by atoms with van der Waals surface area (Å²) in [4.78, 5) is 17.1. The predicted molar refractivity (Wildman–Crippen MR) is 70.2 cm³/mol. The number of nitrogens with one attached hydrogen (secondary N) is 1. The van der Waals surface area contributed by atoms with E-state index in [1.807, 2.05) is 6.92 Å². The van der Waals surface area contributed by atoms with Gasteiger partial charge in [-0.3, -0.25) is 4.79 Å². The van der Waals surface area contributed by atoms with Gasteiger partial charge < -0.3 is 5.32 Å². The average Bonchev–Trinajstić information content (AvgIpc) is 3.05. The van der Waals surface area contributed by atoms with Gasteiger partial charge in [0.05, 0.1) is 24.4 Å². The van der Waals surface area contributed by atoms with E-state index in [0.717, 1.165) is 10.7 Å². The molecule has 20 heavy (non-hydrogen) atoms. The van der Waals surface area contributed by atoms with Gasteiger partial charge in [-0.2, -0.15) is 5.10 Å². The normalized spacial score (nSPS) is 12.7. The molecule has 1 N–H and O–H groups in total. The molecule has 0 bridgehead atoms. The van der Waals surface area contributed by atoms with Crippen LogP contribution in [0.2, 0.25) is 0 Å². The highest BCUT2D eigenvalue weighted by Crippen LogP contribution is 2.15. The number of imidazole rings is 1. The number of nitrogens with zero attached hydrogens (tertiary/aromatic N) is 5. The maximum atomic E-state index is 11.9. The van der Waals surface area contributed by atoms with Gasteiger partial charge in [0.1, 0.15) is 16.9 Å². The number of hydrogen-bond donors (Lipinski definition) is 1. The van der Waals surface area contributed by atoms with E-state index in [9.17, 15) is 4.79 Å². The summed E-state index contributed by atoms with van der Waals surface area (Å²) in [7, 11) is 0. The summed E-state index contributed by atoms with van der Waals surface area (Å²) in [6.45, 7) is 3.62. The first-order chi connectivity index (χ1) is 9.63. The second-order valence-corrected chi connectivity index (χ2v) is 5.21. The minimum absolute atomic E-state index is 0.139. The zero-order chi connectivity index (χ0) is 14.1. The molecule has 3 aromatic heterocycles. The maximum absolute atomic E-state index is 11.9. The fourth-order valence-corrected chi connectivity index (χ4v) is 2.40. The van der Waals surface area contributed by atoms with Crippen molar-refractivity contribution in [3.05, 3.63) is 28.8 Å². The third-order valence-corrected chi connectivity index (χ3v) is 3.59. The van der Waals surface area contributed by atoms with Crippen LogP contribution in [-0.4, -0.2) is 30.8 Å². The molecule has 0 aromatic carbocycles. The molecule has 3 rings (SSSR count). The molecular weight excluding hydrogens is 280 g/mol. The first-order valence-corrected chi connectivity index (χ1v) is 6.87. The van der Waals surface area contributed by atoms with Crippen molar-refractivity contribution in [2.75, 3.05) is 0 Å². The Bertz CT molecular complexity index is 716. The minimum Gasteiger partial charge on any atom is -0.348 e. The lowest BCUT2D eigenvalue weighted by molar-refractivity contribution is -0.121. The summed E-state index contributed by atoms with van der Waals surface area (Å²) in [5, 5.41) is 14.3. The van der Waals surface area contributed by atoms with Gasteiger partial charge in [-0.15, -0.1) is 0 Å².